The molecule has 1 aliphatic rings. The van der Waals surface area contributed by atoms with Gasteiger partial charge in [-0.15, -0.1) is 0 Å². The van der Waals surface area contributed by atoms with Crippen molar-refractivity contribution in [1.82, 2.24) is 9.97 Å². The molecule has 1 aliphatic heterocycles. The molecule has 0 atom stereocenters. The van der Waals surface area contributed by atoms with Crippen molar-refractivity contribution in [3.8, 4) is 0 Å². The van der Waals surface area contributed by atoms with Crippen LogP contribution in [0.5, 0.6) is 0 Å². The molecule has 2 heterocycles. The highest BCUT2D eigenvalue weighted by Crippen LogP contribution is 2.22. The van der Waals surface area contributed by atoms with Crippen molar-refractivity contribution >= 4 is 17.0 Å². The van der Waals surface area contributed by atoms with Gasteiger partial charge in [-0.25, -0.2) is 4.98 Å². The Morgan fingerprint density at radius 1 is 1.33 bits per heavy atom. The van der Waals surface area contributed by atoms with Gasteiger partial charge in [-0.3, -0.25) is 0 Å². The number of anilines is 1. The Balaban J connectivity index is 1.59. The Kier molecular flexibility index (Phi) is 2.93. The van der Waals surface area contributed by atoms with Gasteiger partial charge >= 0.3 is 0 Å². The van der Waals surface area contributed by atoms with Crippen LogP contribution in [0.2, 0.25) is 0 Å². The Labute approximate surface area is 106 Å². The molecule has 3 rings (SSSR count). The van der Waals surface area contributed by atoms with Crippen LogP contribution in [0.1, 0.15) is 13.3 Å². The van der Waals surface area contributed by atoms with E-state index in [4.69, 9.17) is 9.47 Å². The first-order valence-electron chi connectivity index (χ1n) is 6.22. The zero-order chi connectivity index (χ0) is 12.4. The minimum absolute atomic E-state index is 0.445. The molecule has 1 aromatic heterocycles. The van der Waals surface area contributed by atoms with Gasteiger partial charge in [0.2, 0.25) is 5.95 Å². The fourth-order valence-electron chi connectivity index (χ4n) is 2.15. The van der Waals surface area contributed by atoms with Crippen LogP contribution in [0, 0.1) is 0 Å². The first-order valence-corrected chi connectivity index (χ1v) is 6.22. The Morgan fingerprint density at radius 2 is 2.11 bits per heavy atom. The Hall–Kier alpha value is -1.59. The molecule has 0 saturated carbocycles. The average Bonchev–Trinajstić information content (AvgIpc) is 2.95. The topological polar surface area (TPSA) is 59.2 Å². The van der Waals surface area contributed by atoms with Gasteiger partial charge in [0.25, 0.3) is 0 Å². The van der Waals surface area contributed by atoms with E-state index in [1.165, 1.54) is 0 Å². The molecule has 1 fully saturated rings. The molecule has 2 N–H and O–H groups in total. The summed E-state index contributed by atoms with van der Waals surface area (Å²) in [5.74, 6) is 0.344. The number of rotatable bonds is 4. The monoisotopic (exact) mass is 247 g/mol. The van der Waals surface area contributed by atoms with E-state index in [-0.39, 0.29) is 0 Å². The molecule has 96 valence electrons. The molecule has 0 unspecified atom stereocenters. The summed E-state index contributed by atoms with van der Waals surface area (Å²) >= 11 is 0. The third-order valence-corrected chi connectivity index (χ3v) is 3.16. The van der Waals surface area contributed by atoms with E-state index in [2.05, 4.69) is 15.3 Å². The molecule has 2 aromatic rings. The van der Waals surface area contributed by atoms with Crippen LogP contribution in [-0.4, -0.2) is 35.5 Å². The van der Waals surface area contributed by atoms with E-state index in [0.717, 1.165) is 29.9 Å². The van der Waals surface area contributed by atoms with Gasteiger partial charge in [0, 0.05) is 13.0 Å². The molecule has 0 bridgehead atoms. The highest BCUT2D eigenvalue weighted by atomic mass is 16.7. The number of nitrogens with zero attached hydrogens (tertiary/aromatic N) is 1. The number of aromatic nitrogens is 2. The molecular weight excluding hydrogens is 230 g/mol. The highest BCUT2D eigenvalue weighted by Gasteiger charge is 2.30. The Bertz CT molecular complexity index is 499. The van der Waals surface area contributed by atoms with Gasteiger partial charge in [-0.05, 0) is 19.1 Å². The molecule has 0 aliphatic carbocycles. The van der Waals surface area contributed by atoms with E-state index >= 15 is 0 Å². The number of imidazole rings is 1. The zero-order valence-electron chi connectivity index (χ0n) is 10.4. The van der Waals surface area contributed by atoms with Crippen molar-refractivity contribution in [3.63, 3.8) is 0 Å². The molecule has 18 heavy (non-hydrogen) atoms. The van der Waals surface area contributed by atoms with Crippen LogP contribution in [0.3, 0.4) is 0 Å². The third-order valence-electron chi connectivity index (χ3n) is 3.16. The number of H-pyrrole nitrogens is 1. The Morgan fingerprint density at radius 3 is 2.89 bits per heavy atom. The van der Waals surface area contributed by atoms with Gasteiger partial charge in [-0.1, -0.05) is 12.1 Å². The number of ether oxygens (including phenoxy) is 2. The number of nitrogens with one attached hydrogen (secondary N) is 2. The van der Waals surface area contributed by atoms with Gasteiger partial charge in [-0.2, -0.15) is 0 Å². The average molecular weight is 247 g/mol. The predicted octanol–water partition coefficient (Wildman–Crippen LogP) is 2.13. The lowest BCUT2D eigenvalue weighted by Crippen LogP contribution is -2.28. The molecule has 5 nitrogen and oxygen atoms in total. The van der Waals surface area contributed by atoms with Gasteiger partial charge < -0.3 is 19.8 Å². The van der Waals surface area contributed by atoms with Gasteiger partial charge in [0.15, 0.2) is 5.79 Å². The van der Waals surface area contributed by atoms with Gasteiger partial charge in [0.1, 0.15) is 0 Å². The van der Waals surface area contributed by atoms with Crippen molar-refractivity contribution in [3.05, 3.63) is 24.3 Å². The lowest BCUT2D eigenvalue weighted by molar-refractivity contribution is -0.144. The number of hydrogen-bond donors (Lipinski definition) is 2. The van der Waals surface area contributed by atoms with Crippen LogP contribution < -0.4 is 5.32 Å². The van der Waals surface area contributed by atoms with Crippen LogP contribution >= 0.6 is 0 Å². The van der Waals surface area contributed by atoms with Crippen molar-refractivity contribution in [2.75, 3.05) is 25.1 Å². The normalized spacial score (nSPS) is 18.3. The second-order valence-corrected chi connectivity index (χ2v) is 4.61. The van der Waals surface area contributed by atoms with E-state index < -0.39 is 5.79 Å². The number of para-hydroxylation sites is 2. The lowest BCUT2D eigenvalue weighted by atomic mass is 10.2. The predicted molar refractivity (Wildman–Crippen MR) is 69.5 cm³/mol. The van der Waals surface area contributed by atoms with Crippen molar-refractivity contribution < 1.29 is 9.47 Å². The minimum Gasteiger partial charge on any atom is -0.356 e. The molecule has 1 aromatic carbocycles. The van der Waals surface area contributed by atoms with Crippen molar-refractivity contribution in [2.45, 2.75) is 19.1 Å². The molecule has 5 heteroatoms. The standard InChI is InChI=1S/C13H17N3O2/c1-13(17-8-9-18-13)6-7-14-12-15-10-4-2-3-5-11(10)16-12/h2-5H,6-9H2,1H3,(H2,14,15,16). The number of aromatic amines is 1. The maximum Gasteiger partial charge on any atom is 0.201 e. The lowest BCUT2D eigenvalue weighted by Gasteiger charge is -2.21. The van der Waals surface area contributed by atoms with Crippen molar-refractivity contribution in [1.29, 1.82) is 0 Å². The van der Waals surface area contributed by atoms with E-state index in [9.17, 15) is 0 Å². The molecular formula is C13H17N3O2. The quantitative estimate of drug-likeness (QED) is 0.869. The minimum atomic E-state index is -0.445. The summed E-state index contributed by atoms with van der Waals surface area (Å²) in [7, 11) is 0. The van der Waals surface area contributed by atoms with Gasteiger partial charge in [0.05, 0.1) is 24.2 Å². The van der Waals surface area contributed by atoms with Crippen LogP contribution in [0.4, 0.5) is 5.95 Å². The second kappa shape index (κ2) is 4.59. The van der Waals surface area contributed by atoms with Crippen LogP contribution in [0.15, 0.2) is 24.3 Å². The zero-order valence-corrected chi connectivity index (χ0v) is 10.4. The largest absolute Gasteiger partial charge is 0.356 e. The SMILES string of the molecule is CC1(CCNc2nc3ccccc3[nH]2)OCCO1. The smallest absolute Gasteiger partial charge is 0.201 e. The molecule has 0 spiro atoms. The summed E-state index contributed by atoms with van der Waals surface area (Å²) in [6, 6.07) is 7.97. The van der Waals surface area contributed by atoms with E-state index in [0.29, 0.717) is 13.2 Å². The van der Waals surface area contributed by atoms with E-state index in [1.54, 1.807) is 0 Å². The molecule has 1 saturated heterocycles. The summed E-state index contributed by atoms with van der Waals surface area (Å²) in [5, 5.41) is 3.26. The molecule has 0 radical (unpaired) electrons. The first kappa shape index (κ1) is 11.5. The summed E-state index contributed by atoms with van der Waals surface area (Å²) in [5.41, 5.74) is 2.01. The molecule has 0 amide bonds. The first-order chi connectivity index (χ1) is 8.75. The number of benzene rings is 1. The number of hydrogen-bond acceptors (Lipinski definition) is 4. The summed E-state index contributed by atoms with van der Waals surface area (Å²) in [6.45, 7) is 4.10. The van der Waals surface area contributed by atoms with Crippen molar-refractivity contribution in [2.24, 2.45) is 0 Å². The second-order valence-electron chi connectivity index (χ2n) is 4.61. The van der Waals surface area contributed by atoms with Crippen LogP contribution in [-0.2, 0) is 9.47 Å². The summed E-state index contributed by atoms with van der Waals surface area (Å²) in [6.07, 6.45) is 0.796. The maximum atomic E-state index is 5.54. The fourth-order valence-corrected chi connectivity index (χ4v) is 2.15. The third kappa shape index (κ3) is 2.32. The van der Waals surface area contributed by atoms with Crippen LogP contribution in [0.25, 0.3) is 11.0 Å². The summed E-state index contributed by atoms with van der Waals surface area (Å²) in [4.78, 5) is 7.68. The summed E-state index contributed by atoms with van der Waals surface area (Å²) < 4.78 is 11.1. The number of fused-ring (bicyclic) bond motifs is 1. The fraction of sp³-hybridized carbons (Fsp3) is 0.462. The maximum absolute atomic E-state index is 5.54. The highest BCUT2D eigenvalue weighted by molar-refractivity contribution is 5.77. The van der Waals surface area contributed by atoms with E-state index in [1.807, 2.05) is 31.2 Å².